The molecule has 0 fully saturated rings. The van der Waals surface area contributed by atoms with E-state index in [1.54, 1.807) is 15.8 Å². The standard InChI is InChI=1S/C14H15BrN4O2S/c1-7-5-8(12(15)22-7)14(21)19-4-3-10-9(6-17-18(10)2)11(19)13(16)20/h5-6,11H,3-4H2,1-2H3,(H2,16,20). The zero-order valence-electron chi connectivity index (χ0n) is 12.2. The van der Waals surface area contributed by atoms with Gasteiger partial charge in [0.05, 0.1) is 15.5 Å². The molecule has 0 spiro atoms. The number of fused-ring (bicyclic) bond motifs is 1. The average Bonchev–Trinajstić information content (AvgIpc) is 3.00. The molecular weight excluding hydrogens is 368 g/mol. The van der Waals surface area contributed by atoms with E-state index in [0.29, 0.717) is 18.5 Å². The number of halogens is 1. The molecular formula is C14H15BrN4O2S. The highest BCUT2D eigenvalue weighted by Gasteiger charge is 2.37. The summed E-state index contributed by atoms with van der Waals surface area (Å²) < 4.78 is 2.51. The van der Waals surface area contributed by atoms with Gasteiger partial charge < -0.3 is 10.6 Å². The molecule has 3 heterocycles. The predicted octanol–water partition coefficient (Wildman–Crippen LogP) is 1.78. The molecule has 2 aromatic heterocycles. The minimum Gasteiger partial charge on any atom is -0.368 e. The Balaban J connectivity index is 2.02. The topological polar surface area (TPSA) is 81.2 Å². The maximum Gasteiger partial charge on any atom is 0.256 e. The molecule has 0 aromatic carbocycles. The van der Waals surface area contributed by atoms with E-state index in [2.05, 4.69) is 21.0 Å². The molecule has 1 atom stereocenters. The number of hydrogen-bond donors (Lipinski definition) is 1. The van der Waals surface area contributed by atoms with E-state index >= 15 is 0 Å². The molecule has 1 aliphatic rings. The largest absolute Gasteiger partial charge is 0.368 e. The molecule has 6 nitrogen and oxygen atoms in total. The van der Waals surface area contributed by atoms with Crippen molar-refractivity contribution >= 4 is 39.1 Å². The van der Waals surface area contributed by atoms with E-state index in [-0.39, 0.29) is 5.91 Å². The van der Waals surface area contributed by atoms with Crippen molar-refractivity contribution in [1.29, 1.82) is 0 Å². The van der Waals surface area contributed by atoms with Gasteiger partial charge in [0, 0.05) is 36.1 Å². The molecule has 2 amide bonds. The van der Waals surface area contributed by atoms with Crippen LogP contribution >= 0.6 is 27.3 Å². The minimum absolute atomic E-state index is 0.186. The quantitative estimate of drug-likeness (QED) is 0.859. The first kappa shape index (κ1) is 15.2. The van der Waals surface area contributed by atoms with Gasteiger partial charge in [-0.1, -0.05) is 0 Å². The van der Waals surface area contributed by atoms with Crippen LogP contribution in [0.5, 0.6) is 0 Å². The van der Waals surface area contributed by atoms with Crippen LogP contribution in [0.3, 0.4) is 0 Å². The SMILES string of the molecule is Cc1cc(C(=O)N2CCc3c(cnn3C)C2C(N)=O)c(Br)s1. The van der Waals surface area contributed by atoms with Crippen molar-refractivity contribution in [3.05, 3.63) is 37.7 Å². The van der Waals surface area contributed by atoms with Crippen LogP contribution in [0, 0.1) is 6.92 Å². The molecule has 0 bridgehead atoms. The first-order valence-electron chi connectivity index (χ1n) is 6.77. The van der Waals surface area contributed by atoms with Crippen molar-refractivity contribution in [3.63, 3.8) is 0 Å². The molecule has 1 unspecified atom stereocenters. The van der Waals surface area contributed by atoms with Gasteiger partial charge in [-0.2, -0.15) is 5.10 Å². The van der Waals surface area contributed by atoms with Gasteiger partial charge in [0.15, 0.2) is 0 Å². The Bertz CT molecular complexity index is 767. The summed E-state index contributed by atoms with van der Waals surface area (Å²) in [5.74, 6) is -0.722. The summed E-state index contributed by atoms with van der Waals surface area (Å²) in [7, 11) is 1.83. The van der Waals surface area contributed by atoms with Crippen LogP contribution in [0.25, 0.3) is 0 Å². The highest BCUT2D eigenvalue weighted by atomic mass is 79.9. The Kier molecular flexibility index (Phi) is 3.82. The lowest BCUT2D eigenvalue weighted by molar-refractivity contribution is -0.123. The van der Waals surface area contributed by atoms with Crippen molar-refractivity contribution < 1.29 is 9.59 Å². The van der Waals surface area contributed by atoms with Gasteiger partial charge in [-0.25, -0.2) is 0 Å². The molecule has 116 valence electrons. The Hall–Kier alpha value is -1.67. The highest BCUT2D eigenvalue weighted by molar-refractivity contribution is 9.11. The van der Waals surface area contributed by atoms with Gasteiger partial charge in [-0.15, -0.1) is 11.3 Å². The van der Waals surface area contributed by atoms with Crippen LogP contribution in [0.1, 0.15) is 32.5 Å². The molecule has 8 heteroatoms. The number of aromatic nitrogens is 2. The first-order chi connectivity index (χ1) is 10.4. The summed E-state index contributed by atoms with van der Waals surface area (Å²) in [6, 6.07) is 1.06. The maximum absolute atomic E-state index is 12.8. The van der Waals surface area contributed by atoms with Crippen molar-refractivity contribution in [1.82, 2.24) is 14.7 Å². The van der Waals surface area contributed by atoms with Gasteiger partial charge in [0.25, 0.3) is 5.91 Å². The number of aryl methyl sites for hydroxylation is 2. The van der Waals surface area contributed by atoms with Crippen molar-refractivity contribution in [2.24, 2.45) is 12.8 Å². The molecule has 0 aliphatic carbocycles. The van der Waals surface area contributed by atoms with E-state index in [4.69, 9.17) is 5.73 Å². The molecule has 0 radical (unpaired) electrons. The third kappa shape index (κ3) is 2.36. The van der Waals surface area contributed by atoms with E-state index in [0.717, 1.165) is 19.9 Å². The number of carbonyl (C=O) groups is 2. The summed E-state index contributed by atoms with van der Waals surface area (Å²) in [6.45, 7) is 2.38. The second-order valence-electron chi connectivity index (χ2n) is 5.27. The molecule has 0 saturated heterocycles. The van der Waals surface area contributed by atoms with Crippen molar-refractivity contribution in [3.8, 4) is 0 Å². The fourth-order valence-corrected chi connectivity index (χ4v) is 4.62. The second-order valence-corrected chi connectivity index (χ2v) is 7.84. The third-order valence-electron chi connectivity index (χ3n) is 3.86. The van der Waals surface area contributed by atoms with Crippen LogP contribution in [0.15, 0.2) is 16.0 Å². The number of nitrogens with two attached hydrogens (primary N) is 1. The van der Waals surface area contributed by atoms with Gasteiger partial charge in [-0.05, 0) is 28.9 Å². The number of nitrogens with zero attached hydrogens (tertiary/aromatic N) is 3. The lowest BCUT2D eigenvalue weighted by Crippen LogP contribution is -2.45. The lowest BCUT2D eigenvalue weighted by atomic mass is 9.97. The summed E-state index contributed by atoms with van der Waals surface area (Å²) in [5, 5.41) is 4.18. The van der Waals surface area contributed by atoms with Crippen molar-refractivity contribution in [2.45, 2.75) is 19.4 Å². The molecule has 3 rings (SSSR count). The number of carbonyl (C=O) groups excluding carboxylic acids is 2. The Labute approximate surface area is 140 Å². The maximum atomic E-state index is 12.8. The summed E-state index contributed by atoms with van der Waals surface area (Å²) >= 11 is 4.91. The van der Waals surface area contributed by atoms with Gasteiger partial charge in [-0.3, -0.25) is 14.3 Å². The molecule has 0 saturated carbocycles. The number of thiophene rings is 1. The van der Waals surface area contributed by atoms with Crippen LogP contribution in [0.2, 0.25) is 0 Å². The summed E-state index contributed by atoms with van der Waals surface area (Å²) in [6.07, 6.45) is 2.28. The second kappa shape index (κ2) is 5.51. The number of primary amides is 1. The molecule has 1 aliphatic heterocycles. The smallest absolute Gasteiger partial charge is 0.256 e. The summed E-state index contributed by atoms with van der Waals surface area (Å²) in [4.78, 5) is 27.4. The monoisotopic (exact) mass is 382 g/mol. The van der Waals surface area contributed by atoms with Crippen molar-refractivity contribution in [2.75, 3.05) is 6.54 Å². The normalized spacial score (nSPS) is 17.4. The average molecular weight is 383 g/mol. The molecule has 2 aromatic rings. The first-order valence-corrected chi connectivity index (χ1v) is 8.38. The minimum atomic E-state index is -0.767. The van der Waals surface area contributed by atoms with Gasteiger partial charge >= 0.3 is 0 Å². The van der Waals surface area contributed by atoms with Crippen LogP contribution in [-0.4, -0.2) is 33.0 Å². The fourth-order valence-electron chi connectivity index (χ4n) is 2.85. The number of hydrogen-bond acceptors (Lipinski definition) is 4. The Morgan fingerprint density at radius 1 is 1.50 bits per heavy atom. The zero-order chi connectivity index (χ0) is 16.0. The van der Waals surface area contributed by atoms with E-state index in [1.165, 1.54) is 11.3 Å². The van der Waals surface area contributed by atoms with E-state index in [9.17, 15) is 9.59 Å². The van der Waals surface area contributed by atoms with E-state index < -0.39 is 11.9 Å². The third-order valence-corrected chi connectivity index (χ3v) is 5.61. The fraction of sp³-hybridized carbons (Fsp3) is 0.357. The van der Waals surface area contributed by atoms with Crippen LogP contribution in [-0.2, 0) is 18.3 Å². The van der Waals surface area contributed by atoms with Crippen LogP contribution < -0.4 is 5.73 Å². The summed E-state index contributed by atoms with van der Waals surface area (Å²) in [5.41, 5.74) is 7.80. The Morgan fingerprint density at radius 3 is 2.82 bits per heavy atom. The number of rotatable bonds is 2. The molecule has 2 N–H and O–H groups in total. The van der Waals surface area contributed by atoms with Gasteiger partial charge in [0.1, 0.15) is 6.04 Å². The molecule has 22 heavy (non-hydrogen) atoms. The Morgan fingerprint density at radius 2 is 2.23 bits per heavy atom. The van der Waals surface area contributed by atoms with Crippen LogP contribution in [0.4, 0.5) is 0 Å². The predicted molar refractivity (Wildman–Crippen MR) is 86.6 cm³/mol. The highest BCUT2D eigenvalue weighted by Crippen LogP contribution is 2.34. The lowest BCUT2D eigenvalue weighted by Gasteiger charge is -2.33. The zero-order valence-corrected chi connectivity index (χ0v) is 14.6. The van der Waals surface area contributed by atoms with Gasteiger partial charge in [0.2, 0.25) is 5.91 Å². The number of amides is 2. The van der Waals surface area contributed by atoms with E-state index in [1.807, 2.05) is 20.0 Å².